The molecular weight excluding hydrogens is 455 g/mol. The zero-order valence-electron chi connectivity index (χ0n) is 15.7. The number of hydrogen-bond donors (Lipinski definition) is 3. The Kier molecular flexibility index (Phi) is 10.9. The maximum absolute atomic E-state index is 12.0. The molecule has 0 unspecified atom stereocenters. The molecule has 0 saturated carbocycles. The molecule has 6 nitrogen and oxygen atoms in total. The van der Waals surface area contributed by atoms with E-state index >= 15 is 0 Å². The van der Waals surface area contributed by atoms with Crippen LogP contribution in [0.1, 0.15) is 11.1 Å². The lowest BCUT2D eigenvalue weighted by atomic mass is 10.1. The van der Waals surface area contributed by atoms with Crippen LogP contribution in [0.3, 0.4) is 0 Å². The van der Waals surface area contributed by atoms with E-state index in [9.17, 15) is 4.79 Å². The van der Waals surface area contributed by atoms with Crippen molar-refractivity contribution in [3.63, 3.8) is 0 Å². The van der Waals surface area contributed by atoms with Crippen molar-refractivity contribution in [3.8, 4) is 5.75 Å². The van der Waals surface area contributed by atoms with Crippen molar-refractivity contribution in [3.05, 3.63) is 65.7 Å². The summed E-state index contributed by atoms with van der Waals surface area (Å²) in [6.07, 6.45) is 0.894. The zero-order chi connectivity index (χ0) is 18.6. The number of benzene rings is 2. The van der Waals surface area contributed by atoms with Crippen LogP contribution in [-0.4, -0.2) is 39.1 Å². The Morgan fingerprint density at radius 1 is 0.963 bits per heavy atom. The molecule has 2 aromatic carbocycles. The van der Waals surface area contributed by atoms with Gasteiger partial charge in [0.05, 0.1) is 13.7 Å². The van der Waals surface area contributed by atoms with Gasteiger partial charge in [-0.3, -0.25) is 9.79 Å². The quantitative estimate of drug-likeness (QED) is 0.307. The standard InChI is InChI=1S/C20H26N4O2.HI/c1-21-20(22-13-12-16-6-4-3-5-7-16)24-15-19(25)23-14-17-8-10-18(26-2)11-9-17;/h3-11H,12-15H2,1-2H3,(H,23,25)(H2,21,22,24);1H. The smallest absolute Gasteiger partial charge is 0.239 e. The lowest BCUT2D eigenvalue weighted by Crippen LogP contribution is -2.43. The van der Waals surface area contributed by atoms with E-state index in [-0.39, 0.29) is 36.4 Å². The van der Waals surface area contributed by atoms with E-state index in [0.29, 0.717) is 12.5 Å². The molecular formula is C20H27IN4O2. The molecule has 0 fully saturated rings. The van der Waals surface area contributed by atoms with Crippen molar-refractivity contribution >= 4 is 35.8 Å². The van der Waals surface area contributed by atoms with Crippen LogP contribution in [0.25, 0.3) is 0 Å². The zero-order valence-corrected chi connectivity index (χ0v) is 18.0. The largest absolute Gasteiger partial charge is 0.497 e. The van der Waals surface area contributed by atoms with Gasteiger partial charge in [0.2, 0.25) is 5.91 Å². The molecule has 0 bridgehead atoms. The van der Waals surface area contributed by atoms with Crippen molar-refractivity contribution in [2.75, 3.05) is 27.2 Å². The molecule has 0 aromatic heterocycles. The Labute approximate surface area is 177 Å². The molecule has 0 aliphatic carbocycles. The first-order valence-corrected chi connectivity index (χ1v) is 8.59. The minimum Gasteiger partial charge on any atom is -0.497 e. The number of hydrogen-bond acceptors (Lipinski definition) is 3. The van der Waals surface area contributed by atoms with Crippen molar-refractivity contribution in [2.45, 2.75) is 13.0 Å². The Morgan fingerprint density at radius 2 is 1.67 bits per heavy atom. The molecule has 27 heavy (non-hydrogen) atoms. The molecule has 3 N–H and O–H groups in total. The first-order chi connectivity index (χ1) is 12.7. The maximum atomic E-state index is 12.0. The number of ether oxygens (including phenoxy) is 1. The van der Waals surface area contributed by atoms with Crippen molar-refractivity contribution < 1.29 is 9.53 Å². The Bertz CT molecular complexity index is 706. The number of amides is 1. The topological polar surface area (TPSA) is 74.8 Å². The third-order valence-corrected chi connectivity index (χ3v) is 3.84. The summed E-state index contributed by atoms with van der Waals surface area (Å²) in [4.78, 5) is 16.1. The Balaban J connectivity index is 0.00000364. The van der Waals surface area contributed by atoms with Gasteiger partial charge in [0.15, 0.2) is 5.96 Å². The predicted molar refractivity (Wildman–Crippen MR) is 120 cm³/mol. The maximum Gasteiger partial charge on any atom is 0.239 e. The average Bonchev–Trinajstić information content (AvgIpc) is 2.70. The summed E-state index contributed by atoms with van der Waals surface area (Å²) in [6, 6.07) is 17.8. The number of nitrogens with one attached hydrogen (secondary N) is 3. The second-order valence-electron chi connectivity index (χ2n) is 5.71. The van der Waals surface area contributed by atoms with Gasteiger partial charge in [-0.2, -0.15) is 0 Å². The number of carbonyl (C=O) groups is 1. The van der Waals surface area contributed by atoms with Crippen LogP contribution in [0.2, 0.25) is 0 Å². The monoisotopic (exact) mass is 482 g/mol. The number of rotatable bonds is 8. The number of aliphatic imine (C=N–C) groups is 1. The van der Waals surface area contributed by atoms with Gasteiger partial charge in [0.1, 0.15) is 5.75 Å². The summed E-state index contributed by atoms with van der Waals surface area (Å²) in [5.41, 5.74) is 2.28. The number of nitrogens with zero attached hydrogens (tertiary/aromatic N) is 1. The summed E-state index contributed by atoms with van der Waals surface area (Å²) in [5.74, 6) is 1.32. The highest BCUT2D eigenvalue weighted by molar-refractivity contribution is 14.0. The normalized spacial score (nSPS) is 10.5. The molecule has 0 aliphatic rings. The van der Waals surface area contributed by atoms with Gasteiger partial charge in [-0.05, 0) is 29.7 Å². The molecule has 0 radical (unpaired) electrons. The van der Waals surface area contributed by atoms with E-state index in [2.05, 4.69) is 33.1 Å². The van der Waals surface area contributed by atoms with Gasteiger partial charge >= 0.3 is 0 Å². The van der Waals surface area contributed by atoms with Gasteiger partial charge in [-0.15, -0.1) is 24.0 Å². The fourth-order valence-electron chi connectivity index (χ4n) is 2.36. The molecule has 146 valence electrons. The molecule has 0 spiro atoms. The van der Waals surface area contributed by atoms with Crippen molar-refractivity contribution in [1.29, 1.82) is 0 Å². The van der Waals surface area contributed by atoms with E-state index in [0.717, 1.165) is 24.3 Å². The van der Waals surface area contributed by atoms with Crippen LogP contribution in [0.4, 0.5) is 0 Å². The van der Waals surface area contributed by atoms with E-state index < -0.39 is 0 Å². The molecule has 0 saturated heterocycles. The van der Waals surface area contributed by atoms with Crippen molar-refractivity contribution in [1.82, 2.24) is 16.0 Å². The van der Waals surface area contributed by atoms with Gasteiger partial charge < -0.3 is 20.7 Å². The fourth-order valence-corrected chi connectivity index (χ4v) is 2.36. The second-order valence-corrected chi connectivity index (χ2v) is 5.71. The highest BCUT2D eigenvalue weighted by Crippen LogP contribution is 2.10. The van der Waals surface area contributed by atoms with Crippen LogP contribution in [-0.2, 0) is 17.8 Å². The lowest BCUT2D eigenvalue weighted by molar-refractivity contribution is -0.120. The summed E-state index contributed by atoms with van der Waals surface area (Å²) < 4.78 is 5.11. The minimum absolute atomic E-state index is 0. The van der Waals surface area contributed by atoms with Crippen LogP contribution < -0.4 is 20.7 Å². The minimum atomic E-state index is -0.0909. The Hall–Kier alpha value is -2.29. The third-order valence-electron chi connectivity index (χ3n) is 3.84. The lowest BCUT2D eigenvalue weighted by Gasteiger charge is -2.12. The SMILES string of the molecule is CN=C(NCCc1ccccc1)NCC(=O)NCc1ccc(OC)cc1.I. The van der Waals surface area contributed by atoms with E-state index in [1.165, 1.54) is 5.56 Å². The first kappa shape index (κ1) is 22.8. The van der Waals surface area contributed by atoms with Crippen LogP contribution in [0.5, 0.6) is 5.75 Å². The van der Waals surface area contributed by atoms with Crippen LogP contribution >= 0.6 is 24.0 Å². The molecule has 2 aromatic rings. The highest BCUT2D eigenvalue weighted by Gasteiger charge is 2.04. The average molecular weight is 482 g/mol. The second kappa shape index (κ2) is 13.0. The summed E-state index contributed by atoms with van der Waals surface area (Å²) in [6.45, 7) is 1.39. The summed E-state index contributed by atoms with van der Waals surface area (Å²) >= 11 is 0. The van der Waals surface area contributed by atoms with E-state index in [1.807, 2.05) is 42.5 Å². The van der Waals surface area contributed by atoms with Gasteiger partial charge in [0, 0.05) is 20.1 Å². The molecule has 1 amide bonds. The highest BCUT2D eigenvalue weighted by atomic mass is 127. The molecule has 0 atom stereocenters. The Morgan fingerprint density at radius 3 is 2.30 bits per heavy atom. The van der Waals surface area contributed by atoms with Crippen LogP contribution in [0.15, 0.2) is 59.6 Å². The van der Waals surface area contributed by atoms with Gasteiger partial charge in [-0.25, -0.2) is 0 Å². The number of halogens is 1. The summed E-state index contributed by atoms with van der Waals surface area (Å²) in [5, 5.41) is 9.09. The van der Waals surface area contributed by atoms with Crippen molar-refractivity contribution in [2.24, 2.45) is 4.99 Å². The molecule has 2 rings (SSSR count). The molecule has 7 heteroatoms. The molecule has 0 heterocycles. The third kappa shape index (κ3) is 8.76. The first-order valence-electron chi connectivity index (χ1n) is 8.59. The van der Waals surface area contributed by atoms with Crippen LogP contribution in [0, 0.1) is 0 Å². The van der Waals surface area contributed by atoms with E-state index in [4.69, 9.17) is 4.74 Å². The van der Waals surface area contributed by atoms with E-state index in [1.54, 1.807) is 14.2 Å². The van der Waals surface area contributed by atoms with Gasteiger partial charge in [-0.1, -0.05) is 42.5 Å². The number of methoxy groups -OCH3 is 1. The molecule has 0 aliphatic heterocycles. The fraction of sp³-hybridized carbons (Fsp3) is 0.300. The summed E-state index contributed by atoms with van der Waals surface area (Å²) in [7, 11) is 3.32. The number of carbonyl (C=O) groups excluding carboxylic acids is 1. The van der Waals surface area contributed by atoms with Gasteiger partial charge in [0.25, 0.3) is 0 Å². The predicted octanol–water partition coefficient (Wildman–Crippen LogP) is 2.34. The number of guanidine groups is 1.